The summed E-state index contributed by atoms with van der Waals surface area (Å²) in [6.07, 6.45) is -4.55. The molecule has 0 fully saturated rings. The van der Waals surface area contributed by atoms with Crippen molar-refractivity contribution in [1.29, 1.82) is 0 Å². The van der Waals surface area contributed by atoms with Gasteiger partial charge in [0, 0.05) is 0 Å². The van der Waals surface area contributed by atoms with E-state index in [1.807, 2.05) is 0 Å². The van der Waals surface area contributed by atoms with E-state index in [0.29, 0.717) is 23.0 Å². The lowest BCUT2D eigenvalue weighted by Crippen LogP contribution is -2.18. The fourth-order valence-electron chi connectivity index (χ4n) is 1.97. The van der Waals surface area contributed by atoms with Gasteiger partial charge in [0.15, 0.2) is 6.29 Å². The zero-order valence-corrected chi connectivity index (χ0v) is 10.7. The summed E-state index contributed by atoms with van der Waals surface area (Å²) in [4.78, 5) is 11.2. The first kappa shape index (κ1) is 15.1. The molecular weight excluding hydrogens is 285 g/mol. The summed E-state index contributed by atoms with van der Waals surface area (Å²) < 4.78 is 40.9. The van der Waals surface area contributed by atoms with Crippen LogP contribution in [0.25, 0.3) is 11.1 Å². The van der Waals surface area contributed by atoms with Crippen LogP contribution in [0.4, 0.5) is 13.2 Å². The van der Waals surface area contributed by atoms with Crippen LogP contribution in [-0.2, 0) is 6.61 Å². The summed E-state index contributed by atoms with van der Waals surface area (Å²) >= 11 is 0. The van der Waals surface area contributed by atoms with Gasteiger partial charge in [-0.3, -0.25) is 4.79 Å². The minimum atomic E-state index is -4.87. The van der Waals surface area contributed by atoms with Crippen molar-refractivity contribution >= 4 is 6.29 Å². The predicted molar refractivity (Wildman–Crippen MR) is 69.9 cm³/mol. The minimum Gasteiger partial charge on any atom is -0.405 e. The average Bonchev–Trinajstić information content (AvgIpc) is 2.45. The number of benzene rings is 2. The molecule has 0 amide bonds. The average molecular weight is 296 g/mol. The topological polar surface area (TPSA) is 46.5 Å². The van der Waals surface area contributed by atoms with Crippen LogP contribution in [-0.4, -0.2) is 17.8 Å². The van der Waals surface area contributed by atoms with Crippen LogP contribution in [0.1, 0.15) is 15.9 Å². The van der Waals surface area contributed by atoms with Crippen molar-refractivity contribution in [2.24, 2.45) is 0 Å². The van der Waals surface area contributed by atoms with Crippen LogP contribution >= 0.6 is 0 Å². The highest BCUT2D eigenvalue weighted by Crippen LogP contribution is 2.33. The van der Waals surface area contributed by atoms with E-state index >= 15 is 0 Å². The third-order valence-electron chi connectivity index (χ3n) is 2.83. The van der Waals surface area contributed by atoms with Crippen molar-refractivity contribution in [2.75, 3.05) is 0 Å². The molecule has 0 bridgehead atoms. The molecule has 6 heteroatoms. The van der Waals surface area contributed by atoms with Gasteiger partial charge in [0.05, 0.1) is 12.2 Å². The van der Waals surface area contributed by atoms with Gasteiger partial charge in [-0.1, -0.05) is 30.3 Å². The Morgan fingerprint density at radius 1 is 1.14 bits per heavy atom. The smallest absolute Gasteiger partial charge is 0.405 e. The van der Waals surface area contributed by atoms with E-state index in [4.69, 9.17) is 5.11 Å². The van der Waals surface area contributed by atoms with Gasteiger partial charge in [-0.15, -0.1) is 13.2 Å². The minimum absolute atomic E-state index is 0.190. The molecule has 0 aromatic heterocycles. The number of rotatable bonds is 4. The summed E-state index contributed by atoms with van der Waals surface area (Å²) in [7, 11) is 0. The molecule has 0 atom stereocenters. The SMILES string of the molecule is O=Cc1c(OC(F)(F)F)cccc1-c1cccc(CO)c1. The summed E-state index contributed by atoms with van der Waals surface area (Å²) in [6.45, 7) is -0.205. The Morgan fingerprint density at radius 3 is 2.48 bits per heavy atom. The third kappa shape index (κ3) is 3.61. The molecule has 0 heterocycles. The first-order chi connectivity index (χ1) is 9.94. The van der Waals surface area contributed by atoms with Crippen LogP contribution in [0.15, 0.2) is 42.5 Å². The number of ether oxygens (including phenoxy) is 1. The van der Waals surface area contributed by atoms with Crippen molar-refractivity contribution in [3.05, 3.63) is 53.6 Å². The maximum Gasteiger partial charge on any atom is 0.573 e. The van der Waals surface area contributed by atoms with Gasteiger partial charge >= 0.3 is 6.36 Å². The fraction of sp³-hybridized carbons (Fsp3) is 0.133. The Bertz CT molecular complexity index is 651. The lowest BCUT2D eigenvalue weighted by atomic mass is 9.98. The zero-order valence-electron chi connectivity index (χ0n) is 10.7. The Labute approximate surface area is 118 Å². The second kappa shape index (κ2) is 5.97. The van der Waals surface area contributed by atoms with Gasteiger partial charge in [-0.2, -0.15) is 0 Å². The van der Waals surface area contributed by atoms with E-state index in [9.17, 15) is 18.0 Å². The largest absolute Gasteiger partial charge is 0.573 e. The summed E-state index contributed by atoms with van der Waals surface area (Å²) in [6, 6.07) is 10.5. The molecule has 110 valence electrons. The molecule has 2 rings (SSSR count). The Balaban J connectivity index is 2.53. The highest BCUT2D eigenvalue weighted by molar-refractivity contribution is 5.91. The molecule has 3 nitrogen and oxygen atoms in total. The molecule has 2 aromatic rings. The number of carbonyl (C=O) groups is 1. The number of halogens is 3. The zero-order chi connectivity index (χ0) is 15.5. The number of alkyl halides is 3. The maximum atomic E-state index is 12.3. The Hall–Kier alpha value is -2.34. The number of carbonyl (C=O) groups excluding carboxylic acids is 1. The molecule has 0 saturated carbocycles. The quantitative estimate of drug-likeness (QED) is 0.878. The van der Waals surface area contributed by atoms with E-state index < -0.39 is 12.1 Å². The van der Waals surface area contributed by atoms with E-state index in [1.165, 1.54) is 12.1 Å². The second-order valence-electron chi connectivity index (χ2n) is 4.24. The Morgan fingerprint density at radius 2 is 1.86 bits per heavy atom. The number of aldehydes is 1. The van der Waals surface area contributed by atoms with Crippen molar-refractivity contribution in [3.8, 4) is 16.9 Å². The molecule has 0 aliphatic carbocycles. The molecule has 0 radical (unpaired) electrons. The van der Waals surface area contributed by atoms with Crippen molar-refractivity contribution in [3.63, 3.8) is 0 Å². The normalized spacial score (nSPS) is 11.2. The van der Waals surface area contributed by atoms with Gasteiger partial charge in [0.1, 0.15) is 5.75 Å². The van der Waals surface area contributed by atoms with Gasteiger partial charge in [-0.05, 0) is 28.8 Å². The van der Waals surface area contributed by atoms with E-state index in [0.717, 1.165) is 6.07 Å². The third-order valence-corrected chi connectivity index (χ3v) is 2.83. The molecule has 0 unspecified atom stereocenters. The van der Waals surface area contributed by atoms with Crippen molar-refractivity contribution in [1.82, 2.24) is 0 Å². The summed E-state index contributed by atoms with van der Waals surface area (Å²) in [5, 5.41) is 9.10. The molecule has 0 spiro atoms. The first-order valence-electron chi connectivity index (χ1n) is 5.98. The standard InChI is InChI=1S/C15H11F3O3/c16-15(17,18)21-14-6-2-5-12(13(14)9-20)11-4-1-3-10(7-11)8-19/h1-7,9,19H,8H2. The van der Waals surface area contributed by atoms with Crippen LogP contribution < -0.4 is 4.74 Å². The van der Waals surface area contributed by atoms with Crippen molar-refractivity contribution < 1.29 is 27.8 Å². The first-order valence-corrected chi connectivity index (χ1v) is 5.98. The second-order valence-corrected chi connectivity index (χ2v) is 4.24. The van der Waals surface area contributed by atoms with Crippen LogP contribution in [0.5, 0.6) is 5.75 Å². The van der Waals surface area contributed by atoms with Crippen LogP contribution in [0.2, 0.25) is 0 Å². The number of hydrogen-bond acceptors (Lipinski definition) is 3. The maximum absolute atomic E-state index is 12.3. The van der Waals surface area contributed by atoms with Crippen LogP contribution in [0, 0.1) is 0 Å². The summed E-state index contributed by atoms with van der Waals surface area (Å²) in [5.74, 6) is -0.551. The van der Waals surface area contributed by atoms with Gasteiger partial charge in [0.25, 0.3) is 0 Å². The summed E-state index contributed by atoms with van der Waals surface area (Å²) in [5.41, 5.74) is 1.23. The van der Waals surface area contributed by atoms with Gasteiger partial charge in [-0.25, -0.2) is 0 Å². The number of aliphatic hydroxyl groups excluding tert-OH is 1. The lowest BCUT2D eigenvalue weighted by molar-refractivity contribution is -0.274. The molecule has 21 heavy (non-hydrogen) atoms. The Kier molecular flexibility index (Phi) is 4.28. The van der Waals surface area contributed by atoms with E-state index in [2.05, 4.69) is 4.74 Å². The molecular formula is C15H11F3O3. The van der Waals surface area contributed by atoms with Gasteiger partial charge < -0.3 is 9.84 Å². The molecule has 0 aliphatic rings. The highest BCUT2D eigenvalue weighted by Gasteiger charge is 2.32. The molecule has 1 N–H and O–H groups in total. The van der Waals surface area contributed by atoms with Crippen molar-refractivity contribution in [2.45, 2.75) is 13.0 Å². The molecule has 2 aromatic carbocycles. The van der Waals surface area contributed by atoms with E-state index in [1.54, 1.807) is 24.3 Å². The number of aliphatic hydroxyl groups is 1. The highest BCUT2D eigenvalue weighted by atomic mass is 19.4. The van der Waals surface area contributed by atoms with Gasteiger partial charge in [0.2, 0.25) is 0 Å². The van der Waals surface area contributed by atoms with E-state index in [-0.39, 0.29) is 12.2 Å². The molecule has 0 aliphatic heterocycles. The molecule has 0 saturated heterocycles. The van der Waals surface area contributed by atoms with Crippen LogP contribution in [0.3, 0.4) is 0 Å². The lowest BCUT2D eigenvalue weighted by Gasteiger charge is -2.14. The number of hydrogen-bond donors (Lipinski definition) is 1. The predicted octanol–water partition coefficient (Wildman–Crippen LogP) is 3.56. The fourth-order valence-corrected chi connectivity index (χ4v) is 1.97. The monoisotopic (exact) mass is 296 g/mol.